The van der Waals surface area contributed by atoms with Gasteiger partial charge in [-0.1, -0.05) is 44.4 Å². The van der Waals surface area contributed by atoms with E-state index in [9.17, 15) is 0 Å². The van der Waals surface area contributed by atoms with Crippen LogP contribution in [0.15, 0.2) is 29.2 Å². The third-order valence-electron chi connectivity index (χ3n) is 3.25. The Hall–Kier alpha value is -0.510. The molecule has 0 aromatic heterocycles. The van der Waals surface area contributed by atoms with E-state index in [0.717, 1.165) is 5.75 Å². The largest absolute Gasteiger partial charge is 0.271 e. The van der Waals surface area contributed by atoms with Crippen molar-refractivity contribution in [3.63, 3.8) is 0 Å². The maximum atomic E-state index is 5.66. The van der Waals surface area contributed by atoms with Crippen molar-refractivity contribution in [2.75, 3.05) is 5.75 Å². The van der Waals surface area contributed by atoms with Crippen LogP contribution >= 0.6 is 11.8 Å². The number of hydrogen-bond acceptors (Lipinski definition) is 3. The van der Waals surface area contributed by atoms with Crippen LogP contribution in [0.1, 0.15) is 32.3 Å². The van der Waals surface area contributed by atoms with Crippen molar-refractivity contribution in [3.05, 3.63) is 29.8 Å². The first-order valence-corrected chi connectivity index (χ1v) is 7.35. The van der Waals surface area contributed by atoms with Gasteiger partial charge in [-0.05, 0) is 25.0 Å². The summed E-state index contributed by atoms with van der Waals surface area (Å²) >= 11 is 1.88. The van der Waals surface area contributed by atoms with Gasteiger partial charge >= 0.3 is 0 Å². The Balaban J connectivity index is 2.52. The van der Waals surface area contributed by atoms with Crippen molar-refractivity contribution in [1.29, 1.82) is 0 Å². The molecule has 17 heavy (non-hydrogen) atoms. The predicted molar refractivity (Wildman–Crippen MR) is 77.1 cm³/mol. The maximum Gasteiger partial charge on any atom is 0.0332 e. The van der Waals surface area contributed by atoms with E-state index in [1.54, 1.807) is 0 Å². The molecule has 3 N–H and O–H groups in total. The molecule has 0 amide bonds. The Bertz CT molecular complexity index is 324. The van der Waals surface area contributed by atoms with E-state index < -0.39 is 0 Å². The highest BCUT2D eigenvalue weighted by Gasteiger charge is 2.16. The Kier molecular flexibility index (Phi) is 6.63. The molecule has 0 heterocycles. The van der Waals surface area contributed by atoms with Gasteiger partial charge in [0.25, 0.3) is 0 Å². The van der Waals surface area contributed by atoms with Gasteiger partial charge in [-0.2, -0.15) is 0 Å². The number of aryl methyl sites for hydroxylation is 1. The van der Waals surface area contributed by atoms with Gasteiger partial charge in [0.15, 0.2) is 0 Å². The third-order valence-corrected chi connectivity index (χ3v) is 4.36. The molecule has 0 aliphatic heterocycles. The van der Waals surface area contributed by atoms with Crippen LogP contribution in [0, 0.1) is 12.8 Å². The summed E-state index contributed by atoms with van der Waals surface area (Å²) in [5, 5.41) is 0. The lowest BCUT2D eigenvalue weighted by atomic mass is 9.96. The number of thioether (sulfide) groups is 1. The summed E-state index contributed by atoms with van der Waals surface area (Å²) < 4.78 is 0. The Morgan fingerprint density at radius 1 is 1.29 bits per heavy atom. The Morgan fingerprint density at radius 3 is 2.53 bits per heavy atom. The number of rotatable bonds is 7. The second-order valence-corrected chi connectivity index (χ2v) is 5.57. The molecule has 0 bridgehead atoms. The Labute approximate surface area is 109 Å². The highest BCUT2D eigenvalue weighted by atomic mass is 32.2. The van der Waals surface area contributed by atoms with Crippen LogP contribution in [0.2, 0.25) is 0 Å². The minimum atomic E-state index is 0.399. The summed E-state index contributed by atoms with van der Waals surface area (Å²) in [6.07, 6.45) is 2.36. The Morgan fingerprint density at radius 2 is 2.00 bits per heavy atom. The van der Waals surface area contributed by atoms with E-state index in [1.165, 1.54) is 23.3 Å². The molecule has 1 atom stereocenters. The maximum absolute atomic E-state index is 5.66. The van der Waals surface area contributed by atoms with Crippen LogP contribution in [-0.2, 0) is 0 Å². The molecule has 0 aliphatic rings. The topological polar surface area (TPSA) is 38.0 Å². The third kappa shape index (κ3) is 4.70. The fourth-order valence-electron chi connectivity index (χ4n) is 2.07. The standard InChI is InChI=1S/C14H24N2S/c1-4-12(5-2)14(16-15)10-17-13-8-6-7-11(3)9-13/h6-9,12,14,16H,4-5,10,15H2,1-3H3. The van der Waals surface area contributed by atoms with Gasteiger partial charge in [-0.25, -0.2) is 0 Å². The first kappa shape index (κ1) is 14.6. The average Bonchev–Trinajstić information content (AvgIpc) is 2.34. The van der Waals surface area contributed by atoms with Gasteiger partial charge in [0.05, 0.1) is 0 Å². The molecule has 1 aromatic rings. The van der Waals surface area contributed by atoms with E-state index >= 15 is 0 Å². The second-order valence-electron chi connectivity index (χ2n) is 4.48. The van der Waals surface area contributed by atoms with Crippen LogP contribution in [0.25, 0.3) is 0 Å². The van der Waals surface area contributed by atoms with E-state index in [0.29, 0.717) is 12.0 Å². The number of benzene rings is 1. The van der Waals surface area contributed by atoms with Gasteiger partial charge in [0, 0.05) is 16.7 Å². The molecule has 0 saturated carbocycles. The molecule has 0 fully saturated rings. The fourth-order valence-corrected chi connectivity index (χ4v) is 3.25. The molecule has 1 unspecified atom stereocenters. The monoisotopic (exact) mass is 252 g/mol. The SMILES string of the molecule is CCC(CC)C(CSc1cccc(C)c1)NN. The number of nitrogens with one attached hydrogen (secondary N) is 1. The van der Waals surface area contributed by atoms with Gasteiger partial charge in [-0.3, -0.25) is 11.3 Å². The zero-order valence-electron chi connectivity index (χ0n) is 11.1. The molecular weight excluding hydrogens is 228 g/mol. The van der Waals surface area contributed by atoms with E-state index in [1.807, 2.05) is 11.8 Å². The van der Waals surface area contributed by atoms with Crippen LogP contribution in [0.5, 0.6) is 0 Å². The number of hydrazine groups is 1. The first-order chi connectivity index (χ1) is 8.21. The summed E-state index contributed by atoms with van der Waals surface area (Å²) in [6.45, 7) is 6.59. The molecule has 0 saturated heterocycles. The van der Waals surface area contributed by atoms with Crippen molar-refractivity contribution >= 4 is 11.8 Å². The summed E-state index contributed by atoms with van der Waals surface area (Å²) in [4.78, 5) is 1.33. The van der Waals surface area contributed by atoms with Crippen LogP contribution in [0.3, 0.4) is 0 Å². The minimum absolute atomic E-state index is 0.399. The lowest BCUT2D eigenvalue weighted by Crippen LogP contribution is -2.42. The smallest absolute Gasteiger partial charge is 0.0332 e. The first-order valence-electron chi connectivity index (χ1n) is 6.36. The zero-order valence-corrected chi connectivity index (χ0v) is 11.9. The van der Waals surface area contributed by atoms with Crippen molar-refractivity contribution in [2.45, 2.75) is 44.6 Å². The van der Waals surface area contributed by atoms with Gasteiger partial charge in [0.1, 0.15) is 0 Å². The summed E-state index contributed by atoms with van der Waals surface area (Å²) in [6, 6.07) is 9.03. The highest BCUT2D eigenvalue weighted by Crippen LogP contribution is 2.23. The van der Waals surface area contributed by atoms with Crippen LogP contribution in [-0.4, -0.2) is 11.8 Å². The predicted octanol–water partition coefficient (Wildman–Crippen LogP) is 3.36. The lowest BCUT2D eigenvalue weighted by molar-refractivity contribution is 0.364. The van der Waals surface area contributed by atoms with E-state index in [-0.39, 0.29) is 0 Å². The minimum Gasteiger partial charge on any atom is -0.271 e. The van der Waals surface area contributed by atoms with Gasteiger partial charge in [-0.15, -0.1) is 11.8 Å². The molecule has 1 aromatic carbocycles. The van der Waals surface area contributed by atoms with Crippen LogP contribution < -0.4 is 11.3 Å². The normalized spacial score (nSPS) is 13.0. The number of hydrogen-bond donors (Lipinski definition) is 2. The molecule has 0 aliphatic carbocycles. The highest BCUT2D eigenvalue weighted by molar-refractivity contribution is 7.99. The molecular formula is C14H24N2S. The molecule has 96 valence electrons. The molecule has 0 radical (unpaired) electrons. The van der Waals surface area contributed by atoms with Gasteiger partial charge < -0.3 is 0 Å². The molecule has 0 spiro atoms. The van der Waals surface area contributed by atoms with Crippen molar-refractivity contribution in [3.8, 4) is 0 Å². The van der Waals surface area contributed by atoms with Gasteiger partial charge in [0.2, 0.25) is 0 Å². The average molecular weight is 252 g/mol. The molecule has 2 nitrogen and oxygen atoms in total. The zero-order chi connectivity index (χ0) is 12.7. The second kappa shape index (κ2) is 7.75. The summed E-state index contributed by atoms with van der Waals surface area (Å²) in [7, 11) is 0. The van der Waals surface area contributed by atoms with Crippen molar-refractivity contribution < 1.29 is 0 Å². The van der Waals surface area contributed by atoms with E-state index in [4.69, 9.17) is 5.84 Å². The summed E-state index contributed by atoms with van der Waals surface area (Å²) in [5.41, 5.74) is 4.28. The van der Waals surface area contributed by atoms with Crippen molar-refractivity contribution in [1.82, 2.24) is 5.43 Å². The summed E-state index contributed by atoms with van der Waals surface area (Å²) in [5.74, 6) is 7.35. The van der Waals surface area contributed by atoms with Crippen molar-refractivity contribution in [2.24, 2.45) is 11.8 Å². The fraction of sp³-hybridized carbons (Fsp3) is 0.571. The molecule has 1 rings (SSSR count). The quantitative estimate of drug-likeness (QED) is 0.444. The lowest BCUT2D eigenvalue weighted by Gasteiger charge is -2.24. The van der Waals surface area contributed by atoms with E-state index in [2.05, 4.69) is 50.5 Å². The molecule has 3 heteroatoms. The van der Waals surface area contributed by atoms with Crippen LogP contribution in [0.4, 0.5) is 0 Å². The number of nitrogens with two attached hydrogens (primary N) is 1.